The number of nitrogens with one attached hydrogen (secondary N) is 2. The number of para-hydroxylation sites is 1. The molecule has 0 saturated heterocycles. The van der Waals surface area contributed by atoms with Crippen LogP contribution in [-0.4, -0.2) is 38.3 Å². The van der Waals surface area contributed by atoms with E-state index in [1.807, 2.05) is 48.5 Å². The van der Waals surface area contributed by atoms with Gasteiger partial charge < -0.3 is 20.1 Å². The molecule has 172 valence electrons. The van der Waals surface area contributed by atoms with Gasteiger partial charge in [-0.25, -0.2) is 0 Å². The highest BCUT2D eigenvalue weighted by Gasteiger charge is 2.13. The summed E-state index contributed by atoms with van der Waals surface area (Å²) in [5.41, 5.74) is 3.13. The van der Waals surface area contributed by atoms with Crippen LogP contribution in [0, 0.1) is 0 Å². The van der Waals surface area contributed by atoms with Crippen molar-refractivity contribution in [3.63, 3.8) is 0 Å². The molecule has 3 aromatic rings. The molecule has 3 aromatic carbocycles. The maximum absolute atomic E-state index is 12.7. The predicted octanol–water partition coefficient (Wildman–Crippen LogP) is 4.55. The van der Waals surface area contributed by atoms with Gasteiger partial charge in [-0.3, -0.25) is 9.59 Å². The molecule has 0 atom stereocenters. The lowest BCUT2D eigenvalue weighted by atomic mass is 10.1. The molecule has 0 spiro atoms. The molecule has 2 N–H and O–H groups in total. The van der Waals surface area contributed by atoms with E-state index < -0.39 is 0 Å². The molecule has 2 amide bonds. The van der Waals surface area contributed by atoms with E-state index in [1.165, 1.54) is 17.3 Å². The van der Waals surface area contributed by atoms with Gasteiger partial charge >= 0.3 is 0 Å². The molecule has 3 rings (SSSR count). The molecule has 0 saturated carbocycles. The number of ether oxygens (including phenoxy) is 2. The summed E-state index contributed by atoms with van der Waals surface area (Å²) in [4.78, 5) is 25.2. The van der Waals surface area contributed by atoms with Crippen LogP contribution in [0.1, 0.15) is 21.5 Å². The highest BCUT2D eigenvalue weighted by atomic mass is 32.2. The summed E-state index contributed by atoms with van der Waals surface area (Å²) in [5, 5.41) is 5.79. The fourth-order valence-electron chi connectivity index (χ4n) is 3.26. The molecule has 0 aliphatic carbocycles. The number of rotatable bonds is 11. The zero-order chi connectivity index (χ0) is 23.5. The van der Waals surface area contributed by atoms with Crippen LogP contribution in [0.5, 0.6) is 11.5 Å². The average Bonchev–Trinajstić information content (AvgIpc) is 2.84. The Morgan fingerprint density at radius 1 is 0.848 bits per heavy atom. The topological polar surface area (TPSA) is 76.7 Å². The van der Waals surface area contributed by atoms with E-state index in [0.29, 0.717) is 41.5 Å². The van der Waals surface area contributed by atoms with Gasteiger partial charge in [0.15, 0.2) is 11.5 Å². The van der Waals surface area contributed by atoms with Gasteiger partial charge in [-0.1, -0.05) is 48.5 Å². The number of carbonyl (C=O) groups is 2. The molecule has 0 fully saturated rings. The summed E-state index contributed by atoms with van der Waals surface area (Å²) in [6, 6.07) is 22.7. The summed E-state index contributed by atoms with van der Waals surface area (Å²) in [5.74, 6) is 2.01. The molecule has 0 radical (unpaired) electrons. The number of carbonyl (C=O) groups excluding carboxylic acids is 2. The average molecular weight is 465 g/mol. The fourth-order valence-corrected chi connectivity index (χ4v) is 4.05. The molecule has 0 aromatic heterocycles. The third-order valence-electron chi connectivity index (χ3n) is 4.94. The Balaban J connectivity index is 1.51. The van der Waals surface area contributed by atoms with Crippen molar-refractivity contribution in [2.24, 2.45) is 0 Å². The second kappa shape index (κ2) is 12.6. The number of hydrogen-bond donors (Lipinski definition) is 2. The highest BCUT2D eigenvalue weighted by Crippen LogP contribution is 2.27. The Hall–Kier alpha value is -3.45. The van der Waals surface area contributed by atoms with Gasteiger partial charge in [-0.05, 0) is 41.8 Å². The number of amides is 2. The quantitative estimate of drug-likeness (QED) is 0.435. The second-order valence-electron chi connectivity index (χ2n) is 7.27. The lowest BCUT2D eigenvalue weighted by molar-refractivity contribution is -0.113. The number of anilines is 1. The van der Waals surface area contributed by atoms with Crippen molar-refractivity contribution in [1.29, 1.82) is 0 Å². The largest absolute Gasteiger partial charge is 0.493 e. The molecular formula is C26H28N2O4S. The van der Waals surface area contributed by atoms with Gasteiger partial charge in [0.1, 0.15) is 0 Å². The van der Waals surface area contributed by atoms with Crippen LogP contribution >= 0.6 is 11.8 Å². The van der Waals surface area contributed by atoms with Crippen LogP contribution in [0.4, 0.5) is 5.69 Å². The molecule has 0 aliphatic heterocycles. The van der Waals surface area contributed by atoms with Crippen molar-refractivity contribution in [2.75, 3.05) is 31.8 Å². The Kier molecular flexibility index (Phi) is 9.20. The predicted molar refractivity (Wildman–Crippen MR) is 133 cm³/mol. The minimum absolute atomic E-state index is 0.137. The van der Waals surface area contributed by atoms with Crippen LogP contribution in [0.25, 0.3) is 0 Å². The van der Waals surface area contributed by atoms with Crippen molar-refractivity contribution >= 4 is 29.3 Å². The van der Waals surface area contributed by atoms with E-state index >= 15 is 0 Å². The lowest BCUT2D eigenvalue weighted by Crippen LogP contribution is -2.27. The van der Waals surface area contributed by atoms with E-state index in [1.54, 1.807) is 38.5 Å². The zero-order valence-corrected chi connectivity index (χ0v) is 19.6. The third-order valence-corrected chi connectivity index (χ3v) is 5.94. The van der Waals surface area contributed by atoms with Crippen molar-refractivity contribution < 1.29 is 19.1 Å². The van der Waals surface area contributed by atoms with Crippen LogP contribution in [0.15, 0.2) is 72.8 Å². The monoisotopic (exact) mass is 464 g/mol. The van der Waals surface area contributed by atoms with E-state index in [-0.39, 0.29) is 11.8 Å². The fraction of sp³-hybridized carbons (Fsp3) is 0.231. The summed E-state index contributed by atoms with van der Waals surface area (Å²) in [7, 11) is 3.19. The Bertz CT molecular complexity index is 1070. The Morgan fingerprint density at radius 3 is 2.33 bits per heavy atom. The van der Waals surface area contributed by atoms with Gasteiger partial charge in [-0.2, -0.15) is 0 Å². The zero-order valence-electron chi connectivity index (χ0n) is 18.8. The first-order valence-corrected chi connectivity index (χ1v) is 11.8. The third kappa shape index (κ3) is 7.29. The molecule has 0 aliphatic rings. The summed E-state index contributed by atoms with van der Waals surface area (Å²) in [6.45, 7) is 0.448. The van der Waals surface area contributed by atoms with Crippen LogP contribution in [0.2, 0.25) is 0 Å². The van der Waals surface area contributed by atoms with E-state index in [9.17, 15) is 9.59 Å². The first-order valence-electron chi connectivity index (χ1n) is 10.6. The summed E-state index contributed by atoms with van der Waals surface area (Å²) < 4.78 is 10.6. The Morgan fingerprint density at radius 2 is 1.58 bits per heavy atom. The van der Waals surface area contributed by atoms with Crippen molar-refractivity contribution in [3.8, 4) is 11.5 Å². The molecule has 0 unspecified atom stereocenters. The van der Waals surface area contributed by atoms with Crippen molar-refractivity contribution in [1.82, 2.24) is 5.32 Å². The lowest BCUT2D eigenvalue weighted by Gasteiger charge is -2.12. The van der Waals surface area contributed by atoms with Crippen molar-refractivity contribution in [3.05, 3.63) is 89.5 Å². The molecule has 6 nitrogen and oxygen atoms in total. The maximum atomic E-state index is 12.7. The molecule has 7 heteroatoms. The van der Waals surface area contributed by atoms with Crippen LogP contribution in [-0.2, 0) is 17.0 Å². The Labute approximate surface area is 198 Å². The molecule has 33 heavy (non-hydrogen) atoms. The van der Waals surface area contributed by atoms with Crippen molar-refractivity contribution in [2.45, 2.75) is 12.2 Å². The number of hydrogen-bond acceptors (Lipinski definition) is 5. The van der Waals surface area contributed by atoms with Gasteiger partial charge in [0.05, 0.1) is 31.2 Å². The molecule has 0 bridgehead atoms. The highest BCUT2D eigenvalue weighted by molar-refractivity contribution is 7.99. The van der Waals surface area contributed by atoms with Gasteiger partial charge in [0.2, 0.25) is 5.91 Å². The minimum atomic E-state index is -0.233. The van der Waals surface area contributed by atoms with E-state index in [0.717, 1.165) is 11.3 Å². The summed E-state index contributed by atoms with van der Waals surface area (Å²) >= 11 is 1.53. The first-order chi connectivity index (χ1) is 16.1. The first kappa shape index (κ1) is 24.2. The number of benzene rings is 3. The smallest absolute Gasteiger partial charge is 0.253 e. The molecular weight excluding hydrogens is 436 g/mol. The van der Waals surface area contributed by atoms with E-state index in [2.05, 4.69) is 10.6 Å². The second-order valence-corrected chi connectivity index (χ2v) is 8.25. The van der Waals surface area contributed by atoms with Gasteiger partial charge in [0.25, 0.3) is 5.91 Å². The minimum Gasteiger partial charge on any atom is -0.493 e. The molecule has 0 heterocycles. The van der Waals surface area contributed by atoms with E-state index in [4.69, 9.17) is 9.47 Å². The SMILES string of the molecule is COc1ccc(CCNC(=O)c2ccccc2NC(=O)CSCc2ccccc2)cc1OC. The number of methoxy groups -OCH3 is 2. The maximum Gasteiger partial charge on any atom is 0.253 e. The standard InChI is InChI=1S/C26H28N2O4S/c1-31-23-13-12-19(16-24(23)32-2)14-15-27-26(30)21-10-6-7-11-22(21)28-25(29)18-33-17-20-8-4-3-5-9-20/h3-13,16H,14-15,17-18H2,1-2H3,(H,27,30)(H,28,29). The normalized spacial score (nSPS) is 10.4. The van der Waals surface area contributed by atoms with Gasteiger partial charge in [0, 0.05) is 12.3 Å². The van der Waals surface area contributed by atoms with Gasteiger partial charge in [-0.15, -0.1) is 11.8 Å². The number of thioether (sulfide) groups is 1. The van der Waals surface area contributed by atoms with Crippen LogP contribution < -0.4 is 20.1 Å². The summed E-state index contributed by atoms with van der Waals surface area (Å²) in [6.07, 6.45) is 0.636. The van der Waals surface area contributed by atoms with Crippen LogP contribution in [0.3, 0.4) is 0 Å².